The first-order valence-electron chi connectivity index (χ1n) is 8.15. The minimum atomic E-state index is 1.07. The van der Waals surface area contributed by atoms with Crippen LogP contribution in [0.15, 0.2) is 0 Å². The highest BCUT2D eigenvalue weighted by Gasteiger charge is 2.19. The molecule has 0 aliphatic heterocycles. The molecular weight excluding hydrogens is 223 g/mol. The molecule has 0 aromatic carbocycles. The van der Waals surface area contributed by atoms with Gasteiger partial charge in [0.1, 0.15) is 0 Å². The maximum Gasteiger partial charge on any atom is -0.0168 e. The average molecular weight is 253 g/mol. The fourth-order valence-corrected chi connectivity index (χ4v) is 5.39. The van der Waals surface area contributed by atoms with Gasteiger partial charge in [0.15, 0.2) is 0 Å². The third-order valence-corrected chi connectivity index (χ3v) is 6.45. The Morgan fingerprint density at radius 3 is 1.12 bits per heavy atom. The summed E-state index contributed by atoms with van der Waals surface area (Å²) in [7, 11) is 1.85. The lowest BCUT2D eigenvalue weighted by molar-refractivity contribution is 0.493. The van der Waals surface area contributed by atoms with Crippen molar-refractivity contribution in [2.24, 2.45) is 0 Å². The van der Waals surface area contributed by atoms with Crippen molar-refractivity contribution in [3.63, 3.8) is 0 Å². The Morgan fingerprint density at radius 2 is 0.706 bits per heavy atom. The van der Waals surface area contributed by atoms with Gasteiger partial charge in [0, 0.05) is 0 Å². The van der Waals surface area contributed by atoms with E-state index in [1.165, 1.54) is 89.9 Å². The van der Waals surface area contributed by atoms with Crippen molar-refractivity contribution in [2.45, 2.75) is 101 Å². The van der Waals surface area contributed by atoms with E-state index >= 15 is 0 Å². The van der Waals surface area contributed by atoms with Crippen molar-refractivity contribution in [1.29, 1.82) is 0 Å². The van der Waals surface area contributed by atoms with Crippen LogP contribution in [0, 0.1) is 0 Å². The minimum absolute atomic E-state index is 1.07. The van der Waals surface area contributed by atoms with Crippen LogP contribution in [0.4, 0.5) is 0 Å². The first kappa shape index (κ1) is 13.9. The number of rotatable bonds is 2. The molecule has 2 aliphatic rings. The van der Waals surface area contributed by atoms with E-state index in [9.17, 15) is 0 Å². The molecule has 1 heteroatoms. The third-order valence-electron chi connectivity index (χ3n) is 4.57. The molecule has 0 atom stereocenters. The van der Waals surface area contributed by atoms with Crippen molar-refractivity contribution >= 4 is 8.58 Å². The standard InChI is InChI=1S/C16H30P/c1-2-4-7-11-15(12-8-5-3-1)17-16-13-9-6-10-14-16/h15-16H,1-14H2. The van der Waals surface area contributed by atoms with Crippen molar-refractivity contribution in [3.8, 4) is 0 Å². The summed E-state index contributed by atoms with van der Waals surface area (Å²) in [5.41, 5.74) is 2.15. The highest BCUT2D eigenvalue weighted by atomic mass is 31.1. The maximum absolute atomic E-state index is 1.85. The van der Waals surface area contributed by atoms with E-state index in [1.54, 1.807) is 0 Å². The van der Waals surface area contributed by atoms with Gasteiger partial charge in [-0.3, -0.25) is 0 Å². The lowest BCUT2D eigenvalue weighted by Crippen LogP contribution is -2.12. The quantitative estimate of drug-likeness (QED) is 0.517. The summed E-state index contributed by atoms with van der Waals surface area (Å²) in [4.78, 5) is 0. The first-order chi connectivity index (χ1) is 8.45. The Balaban J connectivity index is 1.71. The molecule has 2 aliphatic carbocycles. The van der Waals surface area contributed by atoms with Crippen molar-refractivity contribution in [1.82, 2.24) is 0 Å². The second kappa shape index (κ2) is 8.52. The van der Waals surface area contributed by atoms with Crippen LogP contribution < -0.4 is 0 Å². The van der Waals surface area contributed by atoms with Gasteiger partial charge < -0.3 is 0 Å². The Bertz CT molecular complexity index is 174. The van der Waals surface area contributed by atoms with Gasteiger partial charge in [0.25, 0.3) is 0 Å². The van der Waals surface area contributed by atoms with Gasteiger partial charge in [-0.15, -0.1) is 0 Å². The molecule has 0 N–H and O–H groups in total. The van der Waals surface area contributed by atoms with E-state index in [0.29, 0.717) is 0 Å². The molecule has 0 saturated heterocycles. The van der Waals surface area contributed by atoms with Gasteiger partial charge in [-0.2, -0.15) is 0 Å². The summed E-state index contributed by atoms with van der Waals surface area (Å²) in [6.45, 7) is 0. The summed E-state index contributed by atoms with van der Waals surface area (Å²) in [5.74, 6) is 0. The summed E-state index contributed by atoms with van der Waals surface area (Å²) in [6, 6.07) is 0. The molecule has 1 radical (unpaired) electrons. The maximum atomic E-state index is 1.85. The summed E-state index contributed by atoms with van der Waals surface area (Å²) < 4.78 is 0. The van der Waals surface area contributed by atoms with Crippen molar-refractivity contribution in [3.05, 3.63) is 0 Å². The fraction of sp³-hybridized carbons (Fsp3) is 1.00. The topological polar surface area (TPSA) is 0 Å². The van der Waals surface area contributed by atoms with Crippen molar-refractivity contribution in [2.75, 3.05) is 0 Å². The third kappa shape index (κ3) is 5.73. The van der Waals surface area contributed by atoms with Crippen molar-refractivity contribution < 1.29 is 0 Å². The van der Waals surface area contributed by atoms with Crippen LogP contribution in [-0.2, 0) is 0 Å². The predicted octanol–water partition coefficient (Wildman–Crippen LogP) is 6.16. The summed E-state index contributed by atoms with van der Waals surface area (Å²) in [5, 5.41) is 0. The van der Waals surface area contributed by atoms with Crippen LogP contribution >= 0.6 is 8.58 Å². The molecule has 2 fully saturated rings. The predicted molar refractivity (Wildman–Crippen MR) is 79.1 cm³/mol. The normalized spacial score (nSPS) is 27.5. The van der Waals surface area contributed by atoms with E-state index in [1.807, 2.05) is 8.58 Å². The van der Waals surface area contributed by atoms with Crippen LogP contribution in [0.1, 0.15) is 89.9 Å². The minimum Gasteiger partial charge on any atom is -0.0741 e. The highest BCUT2D eigenvalue weighted by Crippen LogP contribution is 2.40. The van der Waals surface area contributed by atoms with Gasteiger partial charge in [-0.25, -0.2) is 0 Å². The lowest BCUT2D eigenvalue weighted by atomic mass is 10.00. The molecule has 0 nitrogen and oxygen atoms in total. The van der Waals surface area contributed by atoms with E-state index < -0.39 is 0 Å². The molecule has 2 saturated carbocycles. The summed E-state index contributed by atoms with van der Waals surface area (Å²) >= 11 is 0. The average Bonchev–Trinajstić information content (AvgIpc) is 2.38. The fourth-order valence-electron chi connectivity index (χ4n) is 3.47. The van der Waals surface area contributed by atoms with Crippen LogP contribution in [0.2, 0.25) is 0 Å². The molecule has 0 unspecified atom stereocenters. The Labute approximate surface area is 110 Å². The molecule has 0 aromatic rings. The Morgan fingerprint density at radius 1 is 0.412 bits per heavy atom. The van der Waals surface area contributed by atoms with Crippen LogP contribution in [0.5, 0.6) is 0 Å². The van der Waals surface area contributed by atoms with Gasteiger partial charge in [-0.1, -0.05) is 72.8 Å². The zero-order valence-electron chi connectivity index (χ0n) is 11.5. The molecule has 0 heterocycles. The van der Waals surface area contributed by atoms with E-state index in [4.69, 9.17) is 0 Å². The van der Waals surface area contributed by atoms with Crippen LogP contribution in [-0.4, -0.2) is 11.3 Å². The SMILES string of the molecule is C1CCCCC([P]C2CCCCC2)CCCC1. The summed E-state index contributed by atoms with van der Waals surface area (Å²) in [6.07, 6.45) is 21.3. The molecule has 0 amide bonds. The van der Waals surface area contributed by atoms with Gasteiger partial charge >= 0.3 is 0 Å². The number of hydrogen-bond donors (Lipinski definition) is 0. The van der Waals surface area contributed by atoms with Gasteiger partial charge in [0.2, 0.25) is 0 Å². The van der Waals surface area contributed by atoms with E-state index in [2.05, 4.69) is 0 Å². The lowest BCUT2D eigenvalue weighted by Gasteiger charge is -2.26. The second-order valence-corrected chi connectivity index (χ2v) is 7.91. The van der Waals surface area contributed by atoms with Gasteiger partial charge in [0.05, 0.1) is 0 Å². The zero-order chi connectivity index (χ0) is 11.8. The molecule has 2 rings (SSSR count). The van der Waals surface area contributed by atoms with Gasteiger partial charge in [-0.05, 0) is 37.0 Å². The Hall–Kier alpha value is 0.430. The molecule has 17 heavy (non-hydrogen) atoms. The van der Waals surface area contributed by atoms with E-state index in [-0.39, 0.29) is 0 Å². The molecule has 0 bridgehead atoms. The Kier molecular flexibility index (Phi) is 6.94. The largest absolute Gasteiger partial charge is 0.0741 e. The van der Waals surface area contributed by atoms with Crippen LogP contribution in [0.3, 0.4) is 0 Å². The van der Waals surface area contributed by atoms with E-state index in [0.717, 1.165) is 11.3 Å². The first-order valence-corrected chi connectivity index (χ1v) is 9.18. The zero-order valence-corrected chi connectivity index (χ0v) is 12.4. The molecule has 0 aromatic heterocycles. The molecular formula is C16H30P. The monoisotopic (exact) mass is 253 g/mol. The smallest absolute Gasteiger partial charge is 0.0168 e. The highest BCUT2D eigenvalue weighted by molar-refractivity contribution is 7.39. The second-order valence-electron chi connectivity index (χ2n) is 6.15. The number of hydrogen-bond acceptors (Lipinski definition) is 0. The van der Waals surface area contributed by atoms with Crippen LogP contribution in [0.25, 0.3) is 0 Å². The molecule has 99 valence electrons. The molecule has 0 spiro atoms.